The van der Waals surface area contributed by atoms with Gasteiger partial charge in [0.15, 0.2) is 0 Å². The first kappa shape index (κ1) is 7.71. The van der Waals surface area contributed by atoms with Crippen LogP contribution in [0.15, 0.2) is 22.1 Å². The molecule has 64 valence electrons. The molecule has 0 aromatic carbocycles. The van der Waals surface area contributed by atoms with Gasteiger partial charge in [0.05, 0.1) is 0 Å². The monoisotopic (exact) mass is 162 g/mol. The van der Waals surface area contributed by atoms with Crippen LogP contribution in [0.2, 0.25) is 0 Å². The van der Waals surface area contributed by atoms with Crippen LogP contribution in [0.5, 0.6) is 0 Å². The molecular weight excluding hydrogens is 148 g/mol. The maximum Gasteiger partial charge on any atom is 0.146 e. The van der Waals surface area contributed by atoms with Crippen LogP contribution in [-0.2, 0) is 0 Å². The van der Waals surface area contributed by atoms with Crippen LogP contribution < -0.4 is 0 Å². The first-order valence-corrected chi connectivity index (χ1v) is 4.54. The minimum atomic E-state index is 0.201. The highest BCUT2D eigenvalue weighted by molar-refractivity contribution is 5.89. The molecule has 2 nitrogen and oxygen atoms in total. The van der Waals surface area contributed by atoms with Crippen LogP contribution in [0.25, 0.3) is 0 Å². The van der Waals surface area contributed by atoms with E-state index in [-0.39, 0.29) is 6.17 Å². The van der Waals surface area contributed by atoms with Crippen molar-refractivity contribution in [3.05, 3.63) is 12.2 Å². The quantitative estimate of drug-likeness (QED) is 0.564. The molecule has 0 aromatic heterocycles. The van der Waals surface area contributed by atoms with Crippen LogP contribution in [0, 0.1) is 11.8 Å². The Morgan fingerprint density at radius 1 is 1.50 bits per heavy atom. The molecule has 0 saturated carbocycles. The summed E-state index contributed by atoms with van der Waals surface area (Å²) in [5.74, 6) is 1.13. The van der Waals surface area contributed by atoms with Gasteiger partial charge in [-0.05, 0) is 18.4 Å². The molecule has 0 spiro atoms. The molecule has 2 heterocycles. The lowest BCUT2D eigenvalue weighted by molar-refractivity contribution is 0.571. The Morgan fingerprint density at radius 3 is 3.00 bits per heavy atom. The third kappa shape index (κ3) is 1.22. The fourth-order valence-electron chi connectivity index (χ4n) is 1.69. The smallest absolute Gasteiger partial charge is 0.146 e. The maximum absolute atomic E-state index is 4.58. The maximum atomic E-state index is 4.58. The van der Waals surface area contributed by atoms with E-state index in [1.54, 1.807) is 0 Å². The molecule has 2 rings (SSSR count). The largest absolute Gasteiger partial charge is 0.267 e. The number of hydrogen-bond acceptors (Lipinski definition) is 2. The Kier molecular flexibility index (Phi) is 1.83. The standard InChI is InChI=1S/C10H14N2/c1-7(2)9-6-8-4-3-5-11-10(8)12-9/h3-5,7-8,10H,6H2,1-2H3. The molecule has 2 aliphatic rings. The lowest BCUT2D eigenvalue weighted by Gasteiger charge is -2.11. The van der Waals surface area contributed by atoms with Crippen LogP contribution >= 0.6 is 0 Å². The van der Waals surface area contributed by atoms with E-state index in [2.05, 4.69) is 29.9 Å². The zero-order chi connectivity index (χ0) is 8.55. The van der Waals surface area contributed by atoms with Gasteiger partial charge in [-0.15, -0.1) is 0 Å². The zero-order valence-electron chi connectivity index (χ0n) is 7.57. The van der Waals surface area contributed by atoms with Gasteiger partial charge in [-0.2, -0.15) is 0 Å². The Balaban J connectivity index is 2.16. The fraction of sp³-hybridized carbons (Fsp3) is 0.600. The first-order chi connectivity index (χ1) is 5.77. The summed E-state index contributed by atoms with van der Waals surface area (Å²) >= 11 is 0. The number of rotatable bonds is 1. The number of nitrogens with zero attached hydrogens (tertiary/aromatic N) is 2. The van der Waals surface area contributed by atoms with Crippen molar-refractivity contribution >= 4 is 11.9 Å². The minimum Gasteiger partial charge on any atom is -0.267 e. The molecule has 0 aliphatic carbocycles. The third-order valence-electron chi connectivity index (χ3n) is 2.48. The summed E-state index contributed by atoms with van der Waals surface area (Å²) in [6, 6.07) is 0. The fourth-order valence-corrected chi connectivity index (χ4v) is 1.69. The SMILES string of the molecule is CC(C)C1=NC2N=CC=CC2C1. The second-order valence-electron chi connectivity index (χ2n) is 3.74. The Hall–Kier alpha value is -0.920. The molecule has 0 saturated heterocycles. The number of dihydropyridines is 1. The number of fused-ring (bicyclic) bond motifs is 1. The van der Waals surface area contributed by atoms with Gasteiger partial charge in [-0.3, -0.25) is 9.98 Å². The van der Waals surface area contributed by atoms with Crippen molar-refractivity contribution in [2.45, 2.75) is 26.4 Å². The molecular formula is C10H14N2. The van der Waals surface area contributed by atoms with E-state index in [1.807, 2.05) is 12.3 Å². The van der Waals surface area contributed by atoms with Crippen molar-refractivity contribution in [3.63, 3.8) is 0 Å². The molecule has 0 radical (unpaired) electrons. The third-order valence-corrected chi connectivity index (χ3v) is 2.48. The lowest BCUT2D eigenvalue weighted by atomic mass is 9.97. The Morgan fingerprint density at radius 2 is 2.33 bits per heavy atom. The zero-order valence-corrected chi connectivity index (χ0v) is 7.57. The Labute approximate surface area is 73.1 Å². The summed E-state index contributed by atoms with van der Waals surface area (Å²) in [6.45, 7) is 4.40. The normalized spacial score (nSPS) is 32.4. The second kappa shape index (κ2) is 2.85. The summed E-state index contributed by atoms with van der Waals surface area (Å²) in [7, 11) is 0. The van der Waals surface area contributed by atoms with Crippen molar-refractivity contribution in [2.75, 3.05) is 0 Å². The lowest BCUT2D eigenvalue weighted by Crippen LogP contribution is -2.12. The summed E-state index contributed by atoms with van der Waals surface area (Å²) < 4.78 is 0. The molecule has 2 atom stereocenters. The van der Waals surface area contributed by atoms with Crippen molar-refractivity contribution in [3.8, 4) is 0 Å². The van der Waals surface area contributed by atoms with E-state index in [0.717, 1.165) is 6.42 Å². The van der Waals surface area contributed by atoms with Gasteiger partial charge in [-0.25, -0.2) is 0 Å². The molecule has 2 aliphatic heterocycles. The van der Waals surface area contributed by atoms with E-state index in [9.17, 15) is 0 Å². The van der Waals surface area contributed by atoms with Crippen LogP contribution in [-0.4, -0.2) is 18.1 Å². The molecule has 0 bridgehead atoms. The average Bonchev–Trinajstić information content (AvgIpc) is 2.46. The van der Waals surface area contributed by atoms with Crippen LogP contribution in [0.4, 0.5) is 0 Å². The molecule has 2 heteroatoms. The van der Waals surface area contributed by atoms with E-state index in [4.69, 9.17) is 0 Å². The topological polar surface area (TPSA) is 24.7 Å². The summed E-state index contributed by atoms with van der Waals surface area (Å²) in [6.07, 6.45) is 7.41. The van der Waals surface area contributed by atoms with Gasteiger partial charge in [0, 0.05) is 17.8 Å². The van der Waals surface area contributed by atoms with Crippen molar-refractivity contribution in [2.24, 2.45) is 21.8 Å². The van der Waals surface area contributed by atoms with E-state index < -0.39 is 0 Å². The summed E-state index contributed by atoms with van der Waals surface area (Å²) in [4.78, 5) is 8.90. The highest BCUT2D eigenvalue weighted by Gasteiger charge is 2.28. The van der Waals surface area contributed by atoms with Crippen molar-refractivity contribution in [1.82, 2.24) is 0 Å². The van der Waals surface area contributed by atoms with Crippen LogP contribution in [0.1, 0.15) is 20.3 Å². The predicted molar refractivity (Wildman–Crippen MR) is 51.8 cm³/mol. The molecule has 0 fully saturated rings. The molecule has 2 unspecified atom stereocenters. The first-order valence-electron chi connectivity index (χ1n) is 4.54. The highest BCUT2D eigenvalue weighted by atomic mass is 15.0. The Bertz CT molecular complexity index is 261. The predicted octanol–water partition coefficient (Wildman–Crippen LogP) is 2.07. The molecule has 0 aromatic rings. The number of allylic oxidation sites excluding steroid dienone is 1. The van der Waals surface area contributed by atoms with E-state index in [0.29, 0.717) is 11.8 Å². The van der Waals surface area contributed by atoms with E-state index >= 15 is 0 Å². The average molecular weight is 162 g/mol. The van der Waals surface area contributed by atoms with Gasteiger partial charge in [0.25, 0.3) is 0 Å². The van der Waals surface area contributed by atoms with Crippen molar-refractivity contribution < 1.29 is 0 Å². The van der Waals surface area contributed by atoms with Gasteiger partial charge in [0.1, 0.15) is 6.17 Å². The van der Waals surface area contributed by atoms with Crippen molar-refractivity contribution in [1.29, 1.82) is 0 Å². The molecule has 0 amide bonds. The number of hydrogen-bond donors (Lipinski definition) is 0. The summed E-state index contributed by atoms with van der Waals surface area (Å²) in [5.41, 5.74) is 1.33. The van der Waals surface area contributed by atoms with Gasteiger partial charge in [-0.1, -0.05) is 19.9 Å². The van der Waals surface area contributed by atoms with E-state index in [1.165, 1.54) is 5.71 Å². The number of aliphatic imine (C=N–C) groups is 2. The molecule has 0 N–H and O–H groups in total. The van der Waals surface area contributed by atoms with Gasteiger partial charge in [0.2, 0.25) is 0 Å². The summed E-state index contributed by atoms with van der Waals surface area (Å²) in [5, 5.41) is 0. The van der Waals surface area contributed by atoms with Gasteiger partial charge < -0.3 is 0 Å². The highest BCUT2D eigenvalue weighted by Crippen LogP contribution is 2.27. The van der Waals surface area contributed by atoms with Crippen LogP contribution in [0.3, 0.4) is 0 Å². The molecule has 12 heavy (non-hydrogen) atoms. The van der Waals surface area contributed by atoms with Gasteiger partial charge >= 0.3 is 0 Å². The minimum absolute atomic E-state index is 0.201. The second-order valence-corrected chi connectivity index (χ2v) is 3.74.